The molecule has 0 saturated carbocycles. The minimum atomic E-state index is 0. The molecule has 0 spiro atoms. The summed E-state index contributed by atoms with van der Waals surface area (Å²) in [4.78, 5) is 7.12. The smallest absolute Gasteiger partial charge is 0.193 e. The van der Waals surface area contributed by atoms with Gasteiger partial charge in [-0.2, -0.15) is 0 Å². The number of rotatable bonds is 3. The lowest BCUT2D eigenvalue weighted by Gasteiger charge is -2.38. The van der Waals surface area contributed by atoms with Gasteiger partial charge in [0.05, 0.1) is 0 Å². The predicted molar refractivity (Wildman–Crippen MR) is 111 cm³/mol. The third kappa shape index (κ3) is 4.21. The summed E-state index contributed by atoms with van der Waals surface area (Å²) in [7, 11) is 0. The molecule has 1 fully saturated rings. The Hall–Kier alpha value is -2.00. The Labute approximate surface area is 162 Å². The quantitative estimate of drug-likeness (QED) is 0.873. The van der Waals surface area contributed by atoms with Crippen molar-refractivity contribution < 1.29 is 0 Å². The van der Waals surface area contributed by atoms with Gasteiger partial charge in [-0.15, -0.1) is 12.4 Å². The zero-order valence-electron chi connectivity index (χ0n) is 15.2. The van der Waals surface area contributed by atoms with Crippen LogP contribution in [0.25, 0.3) is 0 Å². The second-order valence-corrected chi connectivity index (χ2v) is 7.11. The molecule has 3 nitrogen and oxygen atoms in total. The number of hydrogen-bond acceptors (Lipinski definition) is 3. The summed E-state index contributed by atoms with van der Waals surface area (Å²) in [5.74, 6) is 2.30. The highest BCUT2D eigenvalue weighted by atomic mass is 35.5. The Kier molecular flexibility index (Phi) is 6.56. The van der Waals surface area contributed by atoms with Crippen LogP contribution in [0.1, 0.15) is 36.3 Å². The van der Waals surface area contributed by atoms with E-state index in [1.807, 2.05) is 0 Å². The van der Waals surface area contributed by atoms with E-state index in [1.54, 1.807) is 0 Å². The van der Waals surface area contributed by atoms with E-state index in [1.165, 1.54) is 24.0 Å². The first-order chi connectivity index (χ1) is 12.4. The third-order valence-electron chi connectivity index (χ3n) is 5.51. The van der Waals surface area contributed by atoms with Gasteiger partial charge in [-0.1, -0.05) is 60.7 Å². The number of aliphatic imine (C=N–C) groups is 1. The molecule has 0 aromatic heterocycles. The highest BCUT2D eigenvalue weighted by molar-refractivity contribution is 5.85. The van der Waals surface area contributed by atoms with Crippen LogP contribution in [-0.2, 0) is 0 Å². The van der Waals surface area contributed by atoms with Gasteiger partial charge in [0.15, 0.2) is 5.96 Å². The normalized spacial score (nSPS) is 18.0. The van der Waals surface area contributed by atoms with Gasteiger partial charge < -0.3 is 10.2 Å². The zero-order valence-corrected chi connectivity index (χ0v) is 16.0. The lowest BCUT2D eigenvalue weighted by atomic mass is 9.76. The fourth-order valence-corrected chi connectivity index (χ4v) is 4.23. The Morgan fingerprint density at radius 1 is 0.885 bits per heavy atom. The maximum absolute atomic E-state index is 4.67. The van der Waals surface area contributed by atoms with E-state index in [0.717, 1.165) is 38.6 Å². The molecule has 2 aliphatic rings. The van der Waals surface area contributed by atoms with Crippen molar-refractivity contribution in [1.29, 1.82) is 0 Å². The first kappa shape index (κ1) is 18.8. The maximum Gasteiger partial charge on any atom is 0.193 e. The van der Waals surface area contributed by atoms with Crippen LogP contribution >= 0.6 is 12.4 Å². The molecular weight excluding hydrogens is 342 g/mol. The van der Waals surface area contributed by atoms with E-state index in [2.05, 4.69) is 75.9 Å². The minimum Gasteiger partial charge on any atom is -0.356 e. The standard InChI is InChI=1S/C22H27N3.ClH/c1-3-8-18(9-4-1)21(19-10-5-2-6-11-19)20-12-16-25(17-13-20)22-23-14-7-15-24-22;/h1-6,8-11,20-21H,7,12-17H2,(H,23,24);1H. The van der Waals surface area contributed by atoms with Crippen molar-refractivity contribution >= 4 is 18.4 Å². The molecular formula is C22H28ClN3. The van der Waals surface area contributed by atoms with E-state index in [4.69, 9.17) is 0 Å². The summed E-state index contributed by atoms with van der Waals surface area (Å²) < 4.78 is 0. The molecule has 26 heavy (non-hydrogen) atoms. The number of benzene rings is 2. The molecule has 2 heterocycles. The van der Waals surface area contributed by atoms with E-state index >= 15 is 0 Å². The Morgan fingerprint density at radius 2 is 1.46 bits per heavy atom. The molecule has 0 aliphatic carbocycles. The number of hydrogen-bond donors (Lipinski definition) is 1. The van der Waals surface area contributed by atoms with Crippen molar-refractivity contribution in [2.75, 3.05) is 26.2 Å². The molecule has 4 rings (SSSR count). The molecule has 138 valence electrons. The fraction of sp³-hybridized carbons (Fsp3) is 0.409. The lowest BCUT2D eigenvalue weighted by molar-refractivity contribution is 0.242. The maximum atomic E-state index is 4.67. The molecule has 1 saturated heterocycles. The average Bonchev–Trinajstić information content (AvgIpc) is 2.71. The first-order valence-corrected chi connectivity index (χ1v) is 9.55. The summed E-state index contributed by atoms with van der Waals surface area (Å²) in [5, 5.41) is 3.47. The molecule has 0 radical (unpaired) electrons. The SMILES string of the molecule is Cl.c1ccc(C(c2ccccc2)C2CCN(C3=NCCCN3)CC2)cc1. The largest absolute Gasteiger partial charge is 0.356 e. The van der Waals surface area contributed by atoms with Gasteiger partial charge >= 0.3 is 0 Å². The van der Waals surface area contributed by atoms with Crippen molar-refractivity contribution in [3.05, 3.63) is 71.8 Å². The highest BCUT2D eigenvalue weighted by Crippen LogP contribution is 2.37. The number of nitrogens with one attached hydrogen (secondary N) is 1. The van der Waals surface area contributed by atoms with E-state index in [0.29, 0.717) is 11.8 Å². The van der Waals surface area contributed by atoms with E-state index in [-0.39, 0.29) is 12.4 Å². The summed E-state index contributed by atoms with van der Waals surface area (Å²) >= 11 is 0. The summed E-state index contributed by atoms with van der Waals surface area (Å²) in [6.07, 6.45) is 3.59. The van der Waals surface area contributed by atoms with Crippen molar-refractivity contribution in [1.82, 2.24) is 10.2 Å². The molecule has 0 atom stereocenters. The molecule has 4 heteroatoms. The lowest BCUT2D eigenvalue weighted by Crippen LogP contribution is -2.48. The van der Waals surface area contributed by atoms with E-state index < -0.39 is 0 Å². The number of guanidine groups is 1. The second kappa shape index (κ2) is 9.09. The number of nitrogens with zero attached hydrogens (tertiary/aromatic N) is 2. The molecule has 1 N–H and O–H groups in total. The summed E-state index contributed by atoms with van der Waals surface area (Å²) in [6, 6.07) is 22.0. The van der Waals surface area contributed by atoms with Crippen LogP contribution in [0.15, 0.2) is 65.7 Å². The van der Waals surface area contributed by atoms with Crippen molar-refractivity contribution in [2.24, 2.45) is 10.9 Å². The summed E-state index contributed by atoms with van der Waals surface area (Å²) in [6.45, 7) is 4.24. The number of piperidine rings is 1. The van der Waals surface area contributed by atoms with Crippen LogP contribution in [0, 0.1) is 5.92 Å². The van der Waals surface area contributed by atoms with Crippen molar-refractivity contribution in [3.63, 3.8) is 0 Å². The molecule has 2 aliphatic heterocycles. The third-order valence-corrected chi connectivity index (χ3v) is 5.51. The van der Waals surface area contributed by atoms with Crippen molar-refractivity contribution in [2.45, 2.75) is 25.2 Å². The summed E-state index contributed by atoms with van der Waals surface area (Å²) in [5.41, 5.74) is 2.89. The van der Waals surface area contributed by atoms with E-state index in [9.17, 15) is 0 Å². The first-order valence-electron chi connectivity index (χ1n) is 9.55. The fourth-order valence-electron chi connectivity index (χ4n) is 4.23. The monoisotopic (exact) mass is 369 g/mol. The number of halogens is 1. The van der Waals surface area contributed by atoms with Gasteiger partial charge in [-0.05, 0) is 36.3 Å². The molecule has 0 bridgehead atoms. The Bertz CT molecular complexity index is 654. The predicted octanol–water partition coefficient (Wildman–Crippen LogP) is 4.30. The van der Waals surface area contributed by atoms with Crippen LogP contribution in [0.4, 0.5) is 0 Å². The van der Waals surface area contributed by atoms with Crippen LogP contribution < -0.4 is 5.32 Å². The van der Waals surface area contributed by atoms with Gasteiger partial charge in [0.25, 0.3) is 0 Å². The average molecular weight is 370 g/mol. The molecule has 0 amide bonds. The minimum absolute atomic E-state index is 0. The molecule has 0 unspecified atom stereocenters. The number of likely N-dealkylation sites (tertiary alicyclic amines) is 1. The van der Waals surface area contributed by atoms with Gasteiger partial charge in [-0.3, -0.25) is 4.99 Å². The van der Waals surface area contributed by atoms with Gasteiger partial charge in [0.1, 0.15) is 0 Å². The Morgan fingerprint density at radius 3 is 1.96 bits per heavy atom. The van der Waals surface area contributed by atoms with Crippen LogP contribution in [0.5, 0.6) is 0 Å². The molecule has 2 aromatic carbocycles. The van der Waals surface area contributed by atoms with Crippen molar-refractivity contribution in [3.8, 4) is 0 Å². The Balaban J connectivity index is 0.00000196. The van der Waals surface area contributed by atoms with Gasteiger partial charge in [0.2, 0.25) is 0 Å². The van der Waals surface area contributed by atoms with Crippen LogP contribution in [0.3, 0.4) is 0 Å². The van der Waals surface area contributed by atoms with Gasteiger partial charge in [0, 0.05) is 32.1 Å². The second-order valence-electron chi connectivity index (χ2n) is 7.11. The zero-order chi connectivity index (χ0) is 16.9. The van der Waals surface area contributed by atoms with Crippen LogP contribution in [-0.4, -0.2) is 37.0 Å². The molecule has 2 aromatic rings. The van der Waals surface area contributed by atoms with Crippen LogP contribution in [0.2, 0.25) is 0 Å². The highest BCUT2D eigenvalue weighted by Gasteiger charge is 2.30. The topological polar surface area (TPSA) is 27.6 Å². The van der Waals surface area contributed by atoms with Gasteiger partial charge in [-0.25, -0.2) is 0 Å².